The Balaban J connectivity index is 2.14. The number of fused-ring (bicyclic) bond motifs is 1. The molecule has 1 aromatic heterocycles. The molecule has 2 aromatic rings. The van der Waals surface area contributed by atoms with Crippen molar-refractivity contribution in [1.29, 1.82) is 0 Å². The molecule has 1 heterocycles. The third-order valence-electron chi connectivity index (χ3n) is 3.58. The Morgan fingerprint density at radius 3 is 2.71 bits per heavy atom. The van der Waals surface area contributed by atoms with Gasteiger partial charge in [0.15, 0.2) is 5.69 Å². The van der Waals surface area contributed by atoms with Crippen molar-refractivity contribution < 1.29 is 18.0 Å². The third-order valence-corrected chi connectivity index (χ3v) is 3.58. The molecule has 1 aromatic carbocycles. The van der Waals surface area contributed by atoms with Gasteiger partial charge in [-0.05, 0) is 37.5 Å². The highest BCUT2D eigenvalue weighted by atomic mass is 19.4. The van der Waals surface area contributed by atoms with Gasteiger partial charge in [0.2, 0.25) is 0 Å². The van der Waals surface area contributed by atoms with Crippen molar-refractivity contribution >= 4 is 5.91 Å². The number of primary amides is 1. The number of rotatable bonds is 2. The molecular formula is C14H12F3N3O. The molecule has 1 aliphatic rings. The zero-order valence-corrected chi connectivity index (χ0v) is 10.9. The highest BCUT2D eigenvalue weighted by Gasteiger charge is 2.31. The third kappa shape index (κ3) is 2.28. The van der Waals surface area contributed by atoms with Crippen LogP contribution in [0.15, 0.2) is 24.3 Å². The molecule has 0 saturated heterocycles. The topological polar surface area (TPSA) is 60.9 Å². The van der Waals surface area contributed by atoms with Gasteiger partial charge in [0.1, 0.15) is 0 Å². The first-order chi connectivity index (χ1) is 9.88. The van der Waals surface area contributed by atoms with E-state index in [1.54, 1.807) is 0 Å². The Bertz CT molecular complexity index is 719. The first kappa shape index (κ1) is 13.7. The average Bonchev–Trinajstić information content (AvgIpc) is 2.98. The number of alkyl halides is 3. The predicted molar refractivity (Wildman–Crippen MR) is 69.1 cm³/mol. The van der Waals surface area contributed by atoms with Crippen LogP contribution >= 0.6 is 0 Å². The fourth-order valence-electron chi connectivity index (χ4n) is 2.66. The predicted octanol–water partition coefficient (Wildman–Crippen LogP) is 2.48. The van der Waals surface area contributed by atoms with Crippen molar-refractivity contribution in [3.05, 3.63) is 46.8 Å². The average molecular weight is 295 g/mol. The molecule has 4 nitrogen and oxygen atoms in total. The summed E-state index contributed by atoms with van der Waals surface area (Å²) in [6.07, 6.45) is -2.23. The van der Waals surface area contributed by atoms with Crippen LogP contribution in [0.5, 0.6) is 0 Å². The molecule has 110 valence electrons. The van der Waals surface area contributed by atoms with Gasteiger partial charge in [0, 0.05) is 11.3 Å². The first-order valence-electron chi connectivity index (χ1n) is 6.46. The van der Waals surface area contributed by atoms with Crippen molar-refractivity contribution in [2.45, 2.75) is 25.4 Å². The van der Waals surface area contributed by atoms with Gasteiger partial charge in [-0.25, -0.2) is 4.68 Å². The minimum atomic E-state index is -4.42. The number of nitrogens with two attached hydrogens (primary N) is 1. The monoisotopic (exact) mass is 295 g/mol. The van der Waals surface area contributed by atoms with Crippen molar-refractivity contribution in [2.24, 2.45) is 5.73 Å². The zero-order chi connectivity index (χ0) is 15.2. The molecule has 0 saturated carbocycles. The summed E-state index contributed by atoms with van der Waals surface area (Å²) in [7, 11) is 0. The molecule has 2 N–H and O–H groups in total. The van der Waals surface area contributed by atoms with Gasteiger partial charge < -0.3 is 5.73 Å². The summed E-state index contributed by atoms with van der Waals surface area (Å²) in [6, 6.07) is 4.88. The maximum absolute atomic E-state index is 12.8. The summed E-state index contributed by atoms with van der Waals surface area (Å²) in [4.78, 5) is 11.4. The summed E-state index contributed by atoms with van der Waals surface area (Å²) >= 11 is 0. The second-order valence-corrected chi connectivity index (χ2v) is 4.95. The molecular weight excluding hydrogens is 283 g/mol. The van der Waals surface area contributed by atoms with Crippen molar-refractivity contribution in [3.8, 4) is 5.69 Å². The number of aromatic nitrogens is 2. The molecule has 0 unspecified atom stereocenters. The Hall–Kier alpha value is -2.31. The summed E-state index contributed by atoms with van der Waals surface area (Å²) in [5.41, 5.74) is 6.49. The SMILES string of the molecule is NC(=O)c1nn(-c2cccc(C(F)(F)F)c2)c2c1CCC2. The van der Waals surface area contributed by atoms with Crippen LogP contribution in [0.2, 0.25) is 0 Å². The number of halogens is 3. The van der Waals surface area contributed by atoms with E-state index in [1.165, 1.54) is 16.8 Å². The second kappa shape index (κ2) is 4.61. The zero-order valence-electron chi connectivity index (χ0n) is 10.9. The fourth-order valence-corrected chi connectivity index (χ4v) is 2.66. The highest BCUT2D eigenvalue weighted by molar-refractivity contribution is 5.92. The Morgan fingerprint density at radius 1 is 1.29 bits per heavy atom. The molecule has 1 aliphatic carbocycles. The van der Waals surface area contributed by atoms with E-state index in [2.05, 4.69) is 5.10 Å². The molecule has 0 aliphatic heterocycles. The van der Waals surface area contributed by atoms with Crippen LogP contribution in [0.25, 0.3) is 5.69 Å². The van der Waals surface area contributed by atoms with E-state index in [9.17, 15) is 18.0 Å². The number of benzene rings is 1. The molecule has 3 rings (SSSR count). The molecule has 7 heteroatoms. The Kier molecular flexibility index (Phi) is 3.00. The maximum Gasteiger partial charge on any atom is 0.416 e. The number of hydrogen-bond acceptors (Lipinski definition) is 2. The summed E-state index contributed by atoms with van der Waals surface area (Å²) in [6.45, 7) is 0. The van der Waals surface area contributed by atoms with Gasteiger partial charge in [-0.2, -0.15) is 18.3 Å². The summed E-state index contributed by atoms with van der Waals surface area (Å²) in [5, 5.41) is 4.10. The van der Waals surface area contributed by atoms with Crippen molar-refractivity contribution in [1.82, 2.24) is 9.78 Å². The van der Waals surface area contributed by atoms with Crippen LogP contribution < -0.4 is 5.73 Å². The van der Waals surface area contributed by atoms with E-state index in [0.29, 0.717) is 12.8 Å². The van der Waals surface area contributed by atoms with Crippen LogP contribution in [0.1, 0.15) is 33.7 Å². The molecule has 0 bridgehead atoms. The lowest BCUT2D eigenvalue weighted by molar-refractivity contribution is -0.137. The lowest BCUT2D eigenvalue weighted by Crippen LogP contribution is -2.14. The number of carbonyl (C=O) groups is 1. The fraction of sp³-hybridized carbons (Fsp3) is 0.286. The van der Waals surface area contributed by atoms with Crippen LogP contribution in [0.4, 0.5) is 13.2 Å². The van der Waals surface area contributed by atoms with Crippen LogP contribution in [0, 0.1) is 0 Å². The van der Waals surface area contributed by atoms with Crippen LogP contribution in [-0.4, -0.2) is 15.7 Å². The Morgan fingerprint density at radius 2 is 2.05 bits per heavy atom. The largest absolute Gasteiger partial charge is 0.416 e. The smallest absolute Gasteiger partial charge is 0.364 e. The quantitative estimate of drug-likeness (QED) is 0.925. The standard InChI is InChI=1S/C14H12F3N3O/c15-14(16,17)8-3-1-4-9(7-8)20-11-6-2-5-10(11)12(19-20)13(18)21/h1,3-4,7H,2,5-6H2,(H2,18,21). The van der Waals surface area contributed by atoms with E-state index < -0.39 is 17.6 Å². The second-order valence-electron chi connectivity index (χ2n) is 4.95. The summed E-state index contributed by atoms with van der Waals surface area (Å²) < 4.78 is 39.8. The van der Waals surface area contributed by atoms with E-state index in [4.69, 9.17) is 5.73 Å². The van der Waals surface area contributed by atoms with E-state index in [1.807, 2.05) is 0 Å². The number of hydrogen-bond donors (Lipinski definition) is 1. The maximum atomic E-state index is 12.8. The normalized spacial score (nSPS) is 14.2. The van der Waals surface area contributed by atoms with Crippen molar-refractivity contribution in [2.75, 3.05) is 0 Å². The van der Waals surface area contributed by atoms with Gasteiger partial charge in [0.25, 0.3) is 5.91 Å². The van der Waals surface area contributed by atoms with Gasteiger partial charge in [0.05, 0.1) is 11.3 Å². The molecule has 21 heavy (non-hydrogen) atoms. The van der Waals surface area contributed by atoms with Gasteiger partial charge in [-0.15, -0.1) is 0 Å². The highest BCUT2D eigenvalue weighted by Crippen LogP contribution is 2.32. The van der Waals surface area contributed by atoms with Gasteiger partial charge in [-0.3, -0.25) is 4.79 Å². The van der Waals surface area contributed by atoms with Crippen LogP contribution in [-0.2, 0) is 19.0 Å². The minimum absolute atomic E-state index is 0.153. The van der Waals surface area contributed by atoms with E-state index in [0.717, 1.165) is 29.8 Å². The summed E-state index contributed by atoms with van der Waals surface area (Å²) in [5.74, 6) is -0.654. The molecule has 0 radical (unpaired) electrons. The number of nitrogens with zero attached hydrogens (tertiary/aromatic N) is 2. The number of amides is 1. The number of carbonyl (C=O) groups excluding carboxylic acids is 1. The molecule has 0 spiro atoms. The van der Waals surface area contributed by atoms with E-state index >= 15 is 0 Å². The first-order valence-corrected chi connectivity index (χ1v) is 6.46. The molecule has 1 amide bonds. The van der Waals surface area contributed by atoms with Gasteiger partial charge in [-0.1, -0.05) is 6.07 Å². The van der Waals surface area contributed by atoms with E-state index in [-0.39, 0.29) is 11.4 Å². The molecule has 0 atom stereocenters. The van der Waals surface area contributed by atoms with Gasteiger partial charge >= 0.3 is 6.18 Å². The molecule has 0 fully saturated rings. The van der Waals surface area contributed by atoms with Crippen molar-refractivity contribution in [3.63, 3.8) is 0 Å². The van der Waals surface area contributed by atoms with Crippen LogP contribution in [0.3, 0.4) is 0 Å². The Labute approximate surface area is 118 Å². The minimum Gasteiger partial charge on any atom is -0.364 e. The lowest BCUT2D eigenvalue weighted by Gasteiger charge is -2.10. The lowest BCUT2D eigenvalue weighted by atomic mass is 10.2.